The highest BCUT2D eigenvalue weighted by Crippen LogP contribution is 2.36. The molecule has 0 aromatic heterocycles. The van der Waals surface area contributed by atoms with Gasteiger partial charge in [-0.05, 0) is 44.2 Å². The van der Waals surface area contributed by atoms with E-state index in [9.17, 15) is 0 Å². The molecule has 28 heavy (non-hydrogen) atoms. The van der Waals surface area contributed by atoms with Crippen molar-refractivity contribution in [3.63, 3.8) is 0 Å². The summed E-state index contributed by atoms with van der Waals surface area (Å²) in [4.78, 5) is 0. The fourth-order valence-corrected chi connectivity index (χ4v) is 3.90. The van der Waals surface area contributed by atoms with Crippen LogP contribution in [0.3, 0.4) is 0 Å². The SMILES string of the molecule is c1ccc(-c2ccc(-c3ccccc3-c3cccc4ccccc34)cc2)cc1. The van der Waals surface area contributed by atoms with Gasteiger partial charge < -0.3 is 0 Å². The second-order valence-corrected chi connectivity index (χ2v) is 7.02. The van der Waals surface area contributed by atoms with Gasteiger partial charge in [0.1, 0.15) is 0 Å². The molecule has 0 spiro atoms. The largest absolute Gasteiger partial charge is 0.0622 e. The summed E-state index contributed by atoms with van der Waals surface area (Å²) < 4.78 is 0. The van der Waals surface area contributed by atoms with Crippen LogP contribution in [0.25, 0.3) is 44.2 Å². The van der Waals surface area contributed by atoms with Crippen molar-refractivity contribution in [1.29, 1.82) is 0 Å². The lowest BCUT2D eigenvalue weighted by Gasteiger charge is -2.13. The normalized spacial score (nSPS) is 10.9. The second-order valence-electron chi connectivity index (χ2n) is 7.02. The Morgan fingerprint density at radius 3 is 1.64 bits per heavy atom. The van der Waals surface area contributed by atoms with Crippen molar-refractivity contribution in [3.05, 3.63) is 121 Å². The average Bonchev–Trinajstić information content (AvgIpc) is 2.79. The summed E-state index contributed by atoms with van der Waals surface area (Å²) in [6, 6.07) is 43.2. The predicted molar refractivity (Wildman–Crippen MR) is 120 cm³/mol. The highest BCUT2D eigenvalue weighted by atomic mass is 14.1. The van der Waals surface area contributed by atoms with Gasteiger partial charge in [0.25, 0.3) is 0 Å². The van der Waals surface area contributed by atoms with Crippen molar-refractivity contribution in [2.24, 2.45) is 0 Å². The lowest BCUT2D eigenvalue weighted by atomic mass is 9.91. The Morgan fingerprint density at radius 1 is 0.286 bits per heavy atom. The maximum absolute atomic E-state index is 2.23. The first-order chi connectivity index (χ1) is 13.9. The van der Waals surface area contributed by atoms with Crippen molar-refractivity contribution in [2.45, 2.75) is 0 Å². The average molecular weight is 356 g/mol. The Bertz CT molecular complexity index is 1230. The number of rotatable bonds is 3. The standard InChI is InChI=1S/C28H20/c1-2-9-21(10-3-1)22-17-19-24(20-18-22)26-14-6-7-15-27(26)28-16-8-12-23-11-4-5-13-25(23)28/h1-20H. The lowest BCUT2D eigenvalue weighted by molar-refractivity contribution is 1.58. The summed E-state index contributed by atoms with van der Waals surface area (Å²) in [6.45, 7) is 0. The Labute approximate surface area is 165 Å². The molecule has 5 aromatic carbocycles. The van der Waals surface area contributed by atoms with Crippen molar-refractivity contribution >= 4 is 10.8 Å². The highest BCUT2D eigenvalue weighted by Gasteiger charge is 2.10. The zero-order valence-corrected chi connectivity index (χ0v) is 15.5. The van der Waals surface area contributed by atoms with Gasteiger partial charge in [-0.1, -0.05) is 121 Å². The van der Waals surface area contributed by atoms with Crippen LogP contribution in [0.2, 0.25) is 0 Å². The van der Waals surface area contributed by atoms with E-state index in [1.807, 2.05) is 0 Å². The third-order valence-corrected chi connectivity index (χ3v) is 5.31. The third kappa shape index (κ3) is 3.00. The molecular formula is C28H20. The van der Waals surface area contributed by atoms with Gasteiger partial charge in [-0.15, -0.1) is 0 Å². The molecule has 0 aliphatic rings. The smallest absolute Gasteiger partial charge is 0.00992 e. The molecule has 5 aromatic rings. The van der Waals surface area contributed by atoms with E-state index in [2.05, 4.69) is 121 Å². The highest BCUT2D eigenvalue weighted by molar-refractivity contribution is 6.00. The molecule has 0 radical (unpaired) electrons. The molecule has 0 heteroatoms. The summed E-state index contributed by atoms with van der Waals surface area (Å²) in [6.07, 6.45) is 0. The van der Waals surface area contributed by atoms with Crippen LogP contribution in [0.1, 0.15) is 0 Å². The molecule has 0 nitrogen and oxygen atoms in total. The molecule has 5 rings (SSSR count). The summed E-state index contributed by atoms with van der Waals surface area (Å²) in [5.41, 5.74) is 7.54. The quantitative estimate of drug-likeness (QED) is 0.309. The van der Waals surface area contributed by atoms with E-state index < -0.39 is 0 Å². The molecule has 0 amide bonds. The predicted octanol–water partition coefficient (Wildman–Crippen LogP) is 7.84. The summed E-state index contributed by atoms with van der Waals surface area (Å²) in [5, 5.41) is 2.56. The van der Waals surface area contributed by atoms with Crippen LogP contribution in [0.4, 0.5) is 0 Å². The Kier molecular flexibility index (Phi) is 4.23. The first-order valence-electron chi connectivity index (χ1n) is 9.63. The maximum Gasteiger partial charge on any atom is -0.00992 e. The zero-order valence-electron chi connectivity index (χ0n) is 15.5. The zero-order chi connectivity index (χ0) is 18.8. The van der Waals surface area contributed by atoms with E-state index in [4.69, 9.17) is 0 Å². The van der Waals surface area contributed by atoms with Crippen molar-refractivity contribution in [1.82, 2.24) is 0 Å². The second kappa shape index (κ2) is 7.17. The first-order valence-corrected chi connectivity index (χ1v) is 9.63. The fraction of sp³-hybridized carbons (Fsp3) is 0. The molecule has 0 aliphatic heterocycles. The molecule has 0 aliphatic carbocycles. The monoisotopic (exact) mass is 356 g/mol. The molecule has 0 N–H and O–H groups in total. The van der Waals surface area contributed by atoms with Gasteiger partial charge in [-0.25, -0.2) is 0 Å². The minimum Gasteiger partial charge on any atom is -0.0622 e. The number of fused-ring (bicyclic) bond motifs is 1. The number of benzene rings is 5. The van der Waals surface area contributed by atoms with Crippen LogP contribution >= 0.6 is 0 Å². The van der Waals surface area contributed by atoms with Crippen LogP contribution in [-0.2, 0) is 0 Å². The van der Waals surface area contributed by atoms with E-state index in [0.717, 1.165) is 0 Å². The van der Waals surface area contributed by atoms with E-state index >= 15 is 0 Å². The Balaban J connectivity index is 1.63. The van der Waals surface area contributed by atoms with Crippen LogP contribution in [0.5, 0.6) is 0 Å². The summed E-state index contributed by atoms with van der Waals surface area (Å²) in [7, 11) is 0. The topological polar surface area (TPSA) is 0 Å². The van der Waals surface area contributed by atoms with E-state index in [-0.39, 0.29) is 0 Å². The third-order valence-electron chi connectivity index (χ3n) is 5.31. The van der Waals surface area contributed by atoms with Gasteiger partial charge >= 0.3 is 0 Å². The molecule has 0 heterocycles. The van der Waals surface area contributed by atoms with Crippen LogP contribution in [0.15, 0.2) is 121 Å². The molecule has 0 bridgehead atoms. The molecule has 132 valence electrons. The van der Waals surface area contributed by atoms with E-state index in [0.29, 0.717) is 0 Å². The molecule has 0 unspecified atom stereocenters. The van der Waals surface area contributed by atoms with Gasteiger partial charge in [-0.2, -0.15) is 0 Å². The lowest BCUT2D eigenvalue weighted by Crippen LogP contribution is -1.87. The molecule has 0 saturated heterocycles. The Morgan fingerprint density at radius 2 is 0.821 bits per heavy atom. The van der Waals surface area contributed by atoms with Gasteiger partial charge in [0.05, 0.1) is 0 Å². The van der Waals surface area contributed by atoms with Crippen LogP contribution in [-0.4, -0.2) is 0 Å². The van der Waals surface area contributed by atoms with Gasteiger partial charge in [-0.3, -0.25) is 0 Å². The van der Waals surface area contributed by atoms with Crippen LogP contribution < -0.4 is 0 Å². The van der Waals surface area contributed by atoms with Crippen molar-refractivity contribution < 1.29 is 0 Å². The minimum atomic E-state index is 1.24. The Hall–Kier alpha value is -3.64. The maximum atomic E-state index is 2.23. The van der Waals surface area contributed by atoms with Gasteiger partial charge in [0.2, 0.25) is 0 Å². The van der Waals surface area contributed by atoms with E-state index in [1.165, 1.54) is 44.2 Å². The number of hydrogen-bond acceptors (Lipinski definition) is 0. The van der Waals surface area contributed by atoms with Crippen LogP contribution in [0, 0.1) is 0 Å². The van der Waals surface area contributed by atoms with E-state index in [1.54, 1.807) is 0 Å². The summed E-state index contributed by atoms with van der Waals surface area (Å²) >= 11 is 0. The van der Waals surface area contributed by atoms with Gasteiger partial charge in [0, 0.05) is 0 Å². The molecule has 0 saturated carbocycles. The van der Waals surface area contributed by atoms with Crippen molar-refractivity contribution in [2.75, 3.05) is 0 Å². The fourth-order valence-electron chi connectivity index (χ4n) is 3.90. The summed E-state index contributed by atoms with van der Waals surface area (Å²) in [5.74, 6) is 0. The van der Waals surface area contributed by atoms with Gasteiger partial charge in [0.15, 0.2) is 0 Å². The van der Waals surface area contributed by atoms with Crippen molar-refractivity contribution in [3.8, 4) is 33.4 Å². The minimum absolute atomic E-state index is 1.24. The molecular weight excluding hydrogens is 336 g/mol. The first kappa shape index (κ1) is 16.5. The molecule has 0 atom stereocenters. The molecule has 0 fully saturated rings. The number of hydrogen-bond donors (Lipinski definition) is 0.